The minimum Gasteiger partial charge on any atom is -0.462 e. The highest BCUT2D eigenvalue weighted by molar-refractivity contribution is 7.88. The van der Waals surface area contributed by atoms with Gasteiger partial charge in [0.25, 0.3) is 0 Å². The molecule has 0 atom stereocenters. The van der Waals surface area contributed by atoms with Crippen LogP contribution in [0.5, 0.6) is 0 Å². The zero-order valence-electron chi connectivity index (χ0n) is 13.7. The van der Waals surface area contributed by atoms with Crippen LogP contribution in [0, 0.1) is 0 Å². The van der Waals surface area contributed by atoms with Gasteiger partial charge >= 0.3 is 5.97 Å². The number of hydrogen-bond donors (Lipinski definition) is 0. The van der Waals surface area contributed by atoms with Gasteiger partial charge < -0.3 is 9.64 Å². The number of carbonyl (C=O) groups is 1. The zero-order valence-corrected chi connectivity index (χ0v) is 14.5. The lowest BCUT2D eigenvalue weighted by Crippen LogP contribution is -2.48. The molecule has 1 heterocycles. The zero-order chi connectivity index (χ0) is 16.9. The van der Waals surface area contributed by atoms with E-state index in [1.54, 1.807) is 19.1 Å². The molecule has 0 unspecified atom stereocenters. The van der Waals surface area contributed by atoms with E-state index in [1.807, 2.05) is 12.1 Å². The molecule has 1 aliphatic heterocycles. The van der Waals surface area contributed by atoms with Crippen LogP contribution >= 0.6 is 0 Å². The van der Waals surface area contributed by atoms with Crippen molar-refractivity contribution in [1.29, 1.82) is 0 Å². The molecular weight excluding hydrogens is 316 g/mol. The van der Waals surface area contributed by atoms with Crippen molar-refractivity contribution in [3.05, 3.63) is 35.4 Å². The highest BCUT2D eigenvalue weighted by atomic mass is 32.2. The van der Waals surface area contributed by atoms with Gasteiger partial charge in [0.1, 0.15) is 0 Å². The van der Waals surface area contributed by atoms with Gasteiger partial charge in [-0.1, -0.05) is 12.1 Å². The van der Waals surface area contributed by atoms with E-state index in [0.717, 1.165) is 31.6 Å². The molecule has 1 fully saturated rings. The summed E-state index contributed by atoms with van der Waals surface area (Å²) in [7, 11) is -3.07. The van der Waals surface area contributed by atoms with Crippen molar-refractivity contribution in [1.82, 2.24) is 9.21 Å². The van der Waals surface area contributed by atoms with E-state index in [1.165, 1.54) is 10.6 Å². The third kappa shape index (κ3) is 5.30. The number of piperazine rings is 1. The van der Waals surface area contributed by atoms with E-state index in [2.05, 4.69) is 4.90 Å². The van der Waals surface area contributed by atoms with Gasteiger partial charge in [-0.3, -0.25) is 0 Å². The second-order valence-electron chi connectivity index (χ2n) is 5.67. The van der Waals surface area contributed by atoms with E-state index >= 15 is 0 Å². The maximum atomic E-state index is 11.6. The Morgan fingerprint density at radius 1 is 1.13 bits per heavy atom. The number of ether oxygens (including phenoxy) is 1. The molecule has 23 heavy (non-hydrogen) atoms. The predicted molar refractivity (Wildman–Crippen MR) is 89.0 cm³/mol. The third-order valence-electron chi connectivity index (χ3n) is 3.98. The van der Waals surface area contributed by atoms with Gasteiger partial charge in [0.2, 0.25) is 10.0 Å². The minimum absolute atomic E-state index is 0.295. The summed E-state index contributed by atoms with van der Waals surface area (Å²) in [4.78, 5) is 13.9. The van der Waals surface area contributed by atoms with Crippen LogP contribution in [0.1, 0.15) is 22.8 Å². The maximum Gasteiger partial charge on any atom is 0.338 e. The lowest BCUT2D eigenvalue weighted by molar-refractivity contribution is 0.0526. The highest BCUT2D eigenvalue weighted by Crippen LogP contribution is 2.10. The van der Waals surface area contributed by atoms with Gasteiger partial charge in [-0.15, -0.1) is 0 Å². The Morgan fingerprint density at radius 3 is 2.26 bits per heavy atom. The summed E-state index contributed by atoms with van der Waals surface area (Å²) < 4.78 is 29.4. The van der Waals surface area contributed by atoms with Crippen LogP contribution in [-0.4, -0.2) is 69.2 Å². The van der Waals surface area contributed by atoms with Crippen LogP contribution in [0.25, 0.3) is 0 Å². The molecule has 7 heteroatoms. The molecule has 2 rings (SSSR count). The number of esters is 1. The van der Waals surface area contributed by atoms with Gasteiger partial charge in [-0.2, -0.15) is 4.31 Å². The normalized spacial score (nSPS) is 17.1. The molecule has 0 spiro atoms. The van der Waals surface area contributed by atoms with Crippen molar-refractivity contribution in [3.63, 3.8) is 0 Å². The Kier molecular flexibility index (Phi) is 6.15. The fourth-order valence-corrected chi connectivity index (χ4v) is 3.42. The average molecular weight is 340 g/mol. The summed E-state index contributed by atoms with van der Waals surface area (Å²) in [6.45, 7) is 5.68. The van der Waals surface area contributed by atoms with Crippen LogP contribution in [0.4, 0.5) is 0 Å². The highest BCUT2D eigenvalue weighted by Gasteiger charge is 2.22. The number of sulfonamides is 1. The molecule has 128 valence electrons. The van der Waals surface area contributed by atoms with Crippen LogP contribution in [0.15, 0.2) is 24.3 Å². The largest absolute Gasteiger partial charge is 0.462 e. The summed E-state index contributed by atoms with van der Waals surface area (Å²) >= 11 is 0. The lowest BCUT2D eigenvalue weighted by Gasteiger charge is -2.33. The average Bonchev–Trinajstić information content (AvgIpc) is 2.53. The topological polar surface area (TPSA) is 66.9 Å². The number of hydrogen-bond acceptors (Lipinski definition) is 5. The van der Waals surface area contributed by atoms with Gasteiger partial charge in [0.05, 0.1) is 18.4 Å². The molecular formula is C16H24N2O4S. The Morgan fingerprint density at radius 2 is 1.74 bits per heavy atom. The summed E-state index contributed by atoms with van der Waals surface area (Å²) in [5.74, 6) is -0.295. The maximum absolute atomic E-state index is 11.6. The van der Waals surface area contributed by atoms with E-state index < -0.39 is 10.0 Å². The summed E-state index contributed by atoms with van der Waals surface area (Å²) in [6, 6.07) is 7.46. The molecule has 0 bridgehead atoms. The predicted octanol–water partition coefficient (Wildman–Crippen LogP) is 0.983. The van der Waals surface area contributed by atoms with Crippen molar-refractivity contribution in [2.75, 3.05) is 45.6 Å². The van der Waals surface area contributed by atoms with Gasteiger partial charge in [0, 0.05) is 32.7 Å². The standard InChI is InChI=1S/C16H24N2O4S/c1-3-22-16(19)15-6-4-14(5-7-15)8-9-17-10-12-18(13-11-17)23(2,20)21/h4-7H,3,8-13H2,1-2H3. The van der Waals surface area contributed by atoms with Crippen LogP contribution in [-0.2, 0) is 21.2 Å². The smallest absolute Gasteiger partial charge is 0.338 e. The first kappa shape index (κ1) is 17.9. The molecule has 0 radical (unpaired) electrons. The summed E-state index contributed by atoms with van der Waals surface area (Å²) in [5.41, 5.74) is 1.72. The molecule has 0 aromatic heterocycles. The Hall–Kier alpha value is -1.44. The van der Waals surface area contributed by atoms with E-state index in [4.69, 9.17) is 4.74 Å². The molecule has 1 aliphatic rings. The molecule has 0 amide bonds. The first-order chi connectivity index (χ1) is 10.9. The molecule has 1 aromatic carbocycles. The fraction of sp³-hybridized carbons (Fsp3) is 0.562. The van der Waals surface area contributed by atoms with Gasteiger partial charge in [-0.25, -0.2) is 13.2 Å². The Bertz CT molecular complexity index is 620. The molecule has 1 saturated heterocycles. The number of benzene rings is 1. The summed E-state index contributed by atoms with van der Waals surface area (Å²) in [5, 5.41) is 0. The first-order valence-corrected chi connectivity index (χ1v) is 9.68. The number of rotatable bonds is 6. The first-order valence-electron chi connectivity index (χ1n) is 7.83. The van der Waals surface area contributed by atoms with Crippen molar-refractivity contribution in [3.8, 4) is 0 Å². The van der Waals surface area contributed by atoms with Crippen LogP contribution in [0.3, 0.4) is 0 Å². The molecule has 0 N–H and O–H groups in total. The minimum atomic E-state index is -3.07. The van der Waals surface area contributed by atoms with E-state index in [-0.39, 0.29) is 5.97 Å². The number of nitrogens with zero attached hydrogens (tertiary/aromatic N) is 2. The molecule has 0 saturated carbocycles. The van der Waals surface area contributed by atoms with E-state index in [9.17, 15) is 13.2 Å². The van der Waals surface area contributed by atoms with Gasteiger partial charge in [-0.05, 0) is 31.0 Å². The number of carbonyl (C=O) groups excluding carboxylic acids is 1. The van der Waals surface area contributed by atoms with Crippen molar-refractivity contribution < 1.29 is 17.9 Å². The molecule has 0 aliphatic carbocycles. The Balaban J connectivity index is 1.80. The second-order valence-corrected chi connectivity index (χ2v) is 7.65. The van der Waals surface area contributed by atoms with Crippen molar-refractivity contribution >= 4 is 16.0 Å². The second kappa shape index (κ2) is 7.90. The summed E-state index contributed by atoms with van der Waals surface area (Å²) in [6.07, 6.45) is 2.13. The lowest BCUT2D eigenvalue weighted by atomic mass is 10.1. The monoisotopic (exact) mass is 340 g/mol. The van der Waals surface area contributed by atoms with Crippen LogP contribution < -0.4 is 0 Å². The fourth-order valence-electron chi connectivity index (χ4n) is 2.59. The van der Waals surface area contributed by atoms with Crippen molar-refractivity contribution in [2.24, 2.45) is 0 Å². The quantitative estimate of drug-likeness (QED) is 0.722. The SMILES string of the molecule is CCOC(=O)c1ccc(CCN2CCN(S(C)(=O)=O)CC2)cc1. The van der Waals surface area contributed by atoms with E-state index in [0.29, 0.717) is 25.3 Å². The van der Waals surface area contributed by atoms with Crippen molar-refractivity contribution in [2.45, 2.75) is 13.3 Å². The molecule has 1 aromatic rings. The molecule has 6 nitrogen and oxygen atoms in total. The Labute approximate surface area is 138 Å². The third-order valence-corrected chi connectivity index (χ3v) is 5.29. The van der Waals surface area contributed by atoms with Gasteiger partial charge in [0.15, 0.2) is 0 Å². The van der Waals surface area contributed by atoms with Crippen LogP contribution in [0.2, 0.25) is 0 Å².